The number of nitrogens with one attached hydrogen (secondary N) is 2. The summed E-state index contributed by atoms with van der Waals surface area (Å²) in [5.41, 5.74) is 2.00. The van der Waals surface area contributed by atoms with Crippen LogP contribution in [0.4, 0.5) is 0 Å². The fourth-order valence-corrected chi connectivity index (χ4v) is 3.98. The molecule has 154 valence electrons. The topological polar surface area (TPSA) is 53.9 Å². The number of hydrogen-bond acceptors (Lipinski definition) is 2. The van der Waals surface area contributed by atoms with E-state index in [1.54, 1.807) is 0 Å². The van der Waals surface area contributed by atoms with Crippen molar-refractivity contribution in [3.8, 4) is 0 Å². The first-order valence-corrected chi connectivity index (χ1v) is 10.6. The van der Waals surface area contributed by atoms with E-state index in [-0.39, 0.29) is 17.9 Å². The monoisotopic (exact) mass is 394 g/mol. The number of benzene rings is 2. The van der Waals surface area contributed by atoms with Crippen LogP contribution in [0.2, 0.25) is 0 Å². The van der Waals surface area contributed by atoms with Gasteiger partial charge in [-0.1, -0.05) is 55.5 Å². The van der Waals surface area contributed by atoms with E-state index in [1.807, 2.05) is 60.4 Å². The summed E-state index contributed by atoms with van der Waals surface area (Å²) in [6.07, 6.45) is 0.992. The molecule has 0 bridgehead atoms. The molecule has 2 atom stereocenters. The molecule has 5 heteroatoms. The lowest BCUT2D eigenvalue weighted by Crippen LogP contribution is -3.19. The number of quaternary nitrogens is 1. The zero-order valence-electron chi connectivity index (χ0n) is 17.4. The minimum Gasteiger partial charge on any atom is -0.350 e. The van der Waals surface area contributed by atoms with E-state index >= 15 is 0 Å². The maximum atomic E-state index is 12.7. The smallest absolute Gasteiger partial charge is 0.278 e. The Balaban J connectivity index is 1.48. The van der Waals surface area contributed by atoms with E-state index in [4.69, 9.17) is 0 Å². The number of piperazine rings is 1. The van der Waals surface area contributed by atoms with Crippen LogP contribution in [0.25, 0.3) is 0 Å². The summed E-state index contributed by atoms with van der Waals surface area (Å²) in [5.74, 6) is 0.510. The largest absolute Gasteiger partial charge is 0.350 e. The Morgan fingerprint density at radius 2 is 1.59 bits per heavy atom. The average Bonchev–Trinajstić information content (AvgIpc) is 2.79. The Kier molecular flexibility index (Phi) is 7.42. The highest BCUT2D eigenvalue weighted by atomic mass is 16.2. The fourth-order valence-electron chi connectivity index (χ4n) is 3.98. The minimum atomic E-state index is -0.114. The standard InChI is InChI=1S/C24H31N3O2/c1-3-20(21-10-6-4-7-11-21)18-25-23(28)19(2)26-14-16-27(17-15-26)24(29)22-12-8-5-9-13-22/h4-13,19-20H,3,14-18H2,1-2H3,(H,25,28)/p+1/t19-,20-/m1/s1. The van der Waals surface area contributed by atoms with E-state index in [2.05, 4.69) is 24.4 Å². The quantitative estimate of drug-likeness (QED) is 0.751. The van der Waals surface area contributed by atoms with Crippen LogP contribution in [0.1, 0.15) is 42.1 Å². The van der Waals surface area contributed by atoms with Crippen LogP contribution in [0.15, 0.2) is 60.7 Å². The number of carbonyl (C=O) groups excluding carboxylic acids is 2. The maximum Gasteiger partial charge on any atom is 0.278 e. The van der Waals surface area contributed by atoms with Crippen molar-refractivity contribution in [3.05, 3.63) is 71.8 Å². The minimum absolute atomic E-state index is 0.0791. The molecule has 0 saturated carbocycles. The molecule has 0 aromatic heterocycles. The van der Waals surface area contributed by atoms with E-state index in [1.165, 1.54) is 10.5 Å². The average molecular weight is 395 g/mol. The molecule has 1 aliphatic rings. The van der Waals surface area contributed by atoms with Crippen LogP contribution < -0.4 is 10.2 Å². The second kappa shape index (κ2) is 10.2. The summed E-state index contributed by atoms with van der Waals surface area (Å²) < 4.78 is 0. The number of amides is 2. The Morgan fingerprint density at radius 3 is 2.17 bits per heavy atom. The van der Waals surface area contributed by atoms with Crippen molar-refractivity contribution >= 4 is 11.8 Å². The third-order valence-corrected chi connectivity index (χ3v) is 6.01. The molecule has 0 spiro atoms. The van der Waals surface area contributed by atoms with Gasteiger partial charge in [0.15, 0.2) is 6.04 Å². The first-order chi connectivity index (χ1) is 14.1. The summed E-state index contributed by atoms with van der Waals surface area (Å²) in [5, 5.41) is 3.15. The predicted octanol–water partition coefficient (Wildman–Crippen LogP) is 1.73. The first-order valence-electron chi connectivity index (χ1n) is 10.6. The molecule has 1 saturated heterocycles. The van der Waals surface area contributed by atoms with E-state index in [9.17, 15) is 9.59 Å². The van der Waals surface area contributed by atoms with Gasteiger partial charge in [-0.15, -0.1) is 0 Å². The SMILES string of the molecule is CC[C@H](CNC(=O)[C@@H](C)[NH+]1CCN(C(=O)c2ccccc2)CC1)c1ccccc1. The molecule has 3 rings (SSSR count). The third-order valence-electron chi connectivity index (χ3n) is 6.01. The van der Waals surface area contributed by atoms with Crippen molar-refractivity contribution in [2.24, 2.45) is 0 Å². The zero-order valence-corrected chi connectivity index (χ0v) is 17.4. The van der Waals surface area contributed by atoms with Crippen molar-refractivity contribution in [2.45, 2.75) is 32.2 Å². The Labute approximate surface area is 173 Å². The van der Waals surface area contributed by atoms with E-state index in [0.29, 0.717) is 25.6 Å². The lowest BCUT2D eigenvalue weighted by molar-refractivity contribution is -0.917. The highest BCUT2D eigenvalue weighted by Gasteiger charge is 2.31. The maximum absolute atomic E-state index is 12.7. The summed E-state index contributed by atoms with van der Waals surface area (Å²) in [6, 6.07) is 19.6. The molecule has 2 amide bonds. The highest BCUT2D eigenvalue weighted by molar-refractivity contribution is 5.94. The first kappa shape index (κ1) is 21.1. The van der Waals surface area contributed by atoms with Gasteiger partial charge < -0.3 is 15.1 Å². The highest BCUT2D eigenvalue weighted by Crippen LogP contribution is 2.17. The lowest BCUT2D eigenvalue weighted by Gasteiger charge is -2.35. The molecule has 2 aromatic carbocycles. The normalized spacial score (nSPS) is 16.8. The second-order valence-corrected chi connectivity index (χ2v) is 7.80. The summed E-state index contributed by atoms with van der Waals surface area (Å²) in [6.45, 7) is 7.76. The molecule has 0 unspecified atom stereocenters. The number of hydrogen-bond donors (Lipinski definition) is 2. The second-order valence-electron chi connectivity index (χ2n) is 7.80. The van der Waals surface area contributed by atoms with Crippen LogP contribution in [-0.4, -0.2) is 55.5 Å². The van der Waals surface area contributed by atoms with Gasteiger partial charge in [0.1, 0.15) is 0 Å². The van der Waals surface area contributed by atoms with Gasteiger partial charge >= 0.3 is 0 Å². The Bertz CT molecular complexity index is 786. The van der Waals surface area contributed by atoms with Crippen molar-refractivity contribution < 1.29 is 14.5 Å². The Hall–Kier alpha value is -2.66. The molecule has 1 fully saturated rings. The molecule has 29 heavy (non-hydrogen) atoms. The van der Waals surface area contributed by atoms with Crippen molar-refractivity contribution in [2.75, 3.05) is 32.7 Å². The van der Waals surface area contributed by atoms with Crippen molar-refractivity contribution in [1.29, 1.82) is 0 Å². The van der Waals surface area contributed by atoms with Gasteiger partial charge in [0.25, 0.3) is 11.8 Å². The molecule has 1 aliphatic heterocycles. The van der Waals surface area contributed by atoms with Gasteiger partial charge in [0, 0.05) is 18.0 Å². The summed E-state index contributed by atoms with van der Waals surface area (Å²) in [4.78, 5) is 28.4. The van der Waals surface area contributed by atoms with Crippen LogP contribution in [0, 0.1) is 0 Å². The number of carbonyl (C=O) groups is 2. The van der Waals surface area contributed by atoms with Crippen LogP contribution in [0.3, 0.4) is 0 Å². The van der Waals surface area contributed by atoms with Gasteiger partial charge in [-0.05, 0) is 31.0 Å². The number of rotatable bonds is 7. The van der Waals surface area contributed by atoms with Crippen LogP contribution in [-0.2, 0) is 4.79 Å². The van der Waals surface area contributed by atoms with E-state index < -0.39 is 0 Å². The van der Waals surface area contributed by atoms with Crippen molar-refractivity contribution in [3.63, 3.8) is 0 Å². The molecule has 0 radical (unpaired) electrons. The van der Waals surface area contributed by atoms with Gasteiger partial charge in [-0.25, -0.2) is 0 Å². The lowest BCUT2D eigenvalue weighted by atomic mass is 9.96. The van der Waals surface area contributed by atoms with Gasteiger partial charge in [-0.2, -0.15) is 0 Å². The van der Waals surface area contributed by atoms with Gasteiger partial charge in [0.2, 0.25) is 0 Å². The molecular weight excluding hydrogens is 362 g/mol. The van der Waals surface area contributed by atoms with Gasteiger partial charge in [-0.3, -0.25) is 9.59 Å². The molecule has 2 N–H and O–H groups in total. The summed E-state index contributed by atoms with van der Waals surface area (Å²) >= 11 is 0. The van der Waals surface area contributed by atoms with Crippen LogP contribution in [0.5, 0.6) is 0 Å². The predicted molar refractivity (Wildman–Crippen MR) is 115 cm³/mol. The zero-order chi connectivity index (χ0) is 20.6. The molecule has 1 heterocycles. The fraction of sp³-hybridized carbons (Fsp3) is 0.417. The molecule has 0 aliphatic carbocycles. The van der Waals surface area contributed by atoms with Gasteiger partial charge in [0.05, 0.1) is 26.2 Å². The van der Waals surface area contributed by atoms with Crippen molar-refractivity contribution in [1.82, 2.24) is 10.2 Å². The molecular formula is C24H32N3O2+. The number of nitrogens with zero attached hydrogens (tertiary/aromatic N) is 1. The van der Waals surface area contributed by atoms with E-state index in [0.717, 1.165) is 25.1 Å². The molecule has 2 aromatic rings. The molecule has 5 nitrogen and oxygen atoms in total. The van der Waals surface area contributed by atoms with Crippen LogP contribution >= 0.6 is 0 Å². The Morgan fingerprint density at radius 1 is 1.00 bits per heavy atom. The summed E-state index contributed by atoms with van der Waals surface area (Å²) in [7, 11) is 0. The third kappa shape index (κ3) is 5.45.